The molecule has 1 aromatic carbocycles. The Morgan fingerprint density at radius 1 is 1.21 bits per heavy atom. The molecule has 1 amide bonds. The molecule has 1 N–H and O–H groups in total. The Labute approximate surface area is 153 Å². The summed E-state index contributed by atoms with van der Waals surface area (Å²) in [5.41, 5.74) is 0.212. The SMILES string of the molecule is CCCCCCCC(=O)N1N=C(CC)C[C@]1(O)c1ccc(Br)cc1. The summed E-state index contributed by atoms with van der Waals surface area (Å²) in [6, 6.07) is 7.45. The zero-order valence-electron chi connectivity index (χ0n) is 14.6. The third-order valence-electron chi connectivity index (χ3n) is 4.49. The van der Waals surface area contributed by atoms with Gasteiger partial charge in [-0.25, -0.2) is 0 Å². The highest BCUT2D eigenvalue weighted by Gasteiger charge is 2.44. The summed E-state index contributed by atoms with van der Waals surface area (Å²) in [6.45, 7) is 4.17. The minimum atomic E-state index is -1.35. The highest BCUT2D eigenvalue weighted by molar-refractivity contribution is 9.10. The lowest BCUT2D eigenvalue weighted by atomic mass is 9.96. The van der Waals surface area contributed by atoms with E-state index >= 15 is 0 Å². The third-order valence-corrected chi connectivity index (χ3v) is 5.02. The van der Waals surface area contributed by atoms with Gasteiger partial charge in [0.25, 0.3) is 0 Å². The summed E-state index contributed by atoms with van der Waals surface area (Å²) in [7, 11) is 0. The Balaban J connectivity index is 2.09. The monoisotopic (exact) mass is 394 g/mol. The van der Waals surface area contributed by atoms with Gasteiger partial charge in [0, 0.05) is 28.6 Å². The fraction of sp³-hybridized carbons (Fsp3) is 0.579. The molecule has 0 spiro atoms. The fourth-order valence-corrected chi connectivity index (χ4v) is 3.27. The van der Waals surface area contributed by atoms with Crippen LogP contribution in [0.15, 0.2) is 33.8 Å². The number of hydrogen-bond acceptors (Lipinski definition) is 3. The smallest absolute Gasteiger partial charge is 0.245 e. The van der Waals surface area contributed by atoms with Crippen LogP contribution in [-0.4, -0.2) is 21.7 Å². The van der Waals surface area contributed by atoms with Crippen molar-refractivity contribution in [1.29, 1.82) is 0 Å². The van der Waals surface area contributed by atoms with Crippen LogP contribution < -0.4 is 0 Å². The number of benzene rings is 1. The van der Waals surface area contributed by atoms with E-state index in [1.54, 1.807) is 0 Å². The zero-order chi connectivity index (χ0) is 17.6. The Morgan fingerprint density at radius 3 is 2.50 bits per heavy atom. The maximum atomic E-state index is 12.6. The van der Waals surface area contributed by atoms with E-state index in [2.05, 4.69) is 28.0 Å². The van der Waals surface area contributed by atoms with Gasteiger partial charge in [-0.1, -0.05) is 67.6 Å². The Kier molecular flexibility index (Phi) is 6.99. The van der Waals surface area contributed by atoms with Gasteiger partial charge in [-0.2, -0.15) is 10.1 Å². The van der Waals surface area contributed by atoms with Crippen molar-refractivity contribution in [2.45, 2.75) is 70.9 Å². The van der Waals surface area contributed by atoms with E-state index in [4.69, 9.17) is 0 Å². The zero-order valence-corrected chi connectivity index (χ0v) is 16.2. The van der Waals surface area contributed by atoms with Crippen molar-refractivity contribution in [2.24, 2.45) is 5.10 Å². The van der Waals surface area contributed by atoms with Crippen molar-refractivity contribution in [2.75, 3.05) is 0 Å². The van der Waals surface area contributed by atoms with Gasteiger partial charge in [0.2, 0.25) is 5.91 Å². The molecule has 0 aromatic heterocycles. The molecule has 1 aromatic rings. The van der Waals surface area contributed by atoms with Crippen molar-refractivity contribution >= 4 is 27.5 Å². The third kappa shape index (κ3) is 4.45. The van der Waals surface area contributed by atoms with Crippen LogP contribution in [-0.2, 0) is 10.5 Å². The molecule has 4 nitrogen and oxygen atoms in total. The molecule has 1 aliphatic heterocycles. The summed E-state index contributed by atoms with van der Waals surface area (Å²) in [4.78, 5) is 12.6. The first-order valence-corrected chi connectivity index (χ1v) is 9.68. The van der Waals surface area contributed by atoms with E-state index in [0.29, 0.717) is 18.4 Å². The lowest BCUT2D eigenvalue weighted by Gasteiger charge is -2.31. The van der Waals surface area contributed by atoms with Gasteiger partial charge in [-0.3, -0.25) is 4.79 Å². The number of hydrogen-bond donors (Lipinski definition) is 1. The van der Waals surface area contributed by atoms with Crippen molar-refractivity contribution < 1.29 is 9.90 Å². The number of hydrazone groups is 1. The van der Waals surface area contributed by atoms with Crippen LogP contribution >= 0.6 is 15.9 Å². The lowest BCUT2D eigenvalue weighted by molar-refractivity contribution is -0.157. The molecule has 0 bridgehead atoms. The topological polar surface area (TPSA) is 52.9 Å². The Bertz CT molecular complexity index is 586. The molecule has 24 heavy (non-hydrogen) atoms. The van der Waals surface area contributed by atoms with Gasteiger partial charge in [-0.05, 0) is 25.0 Å². The molecule has 0 saturated heterocycles. The number of amides is 1. The quantitative estimate of drug-likeness (QED) is 0.633. The van der Waals surface area contributed by atoms with E-state index < -0.39 is 5.72 Å². The van der Waals surface area contributed by atoms with Gasteiger partial charge in [0.1, 0.15) is 0 Å². The molecule has 0 radical (unpaired) electrons. The van der Waals surface area contributed by atoms with E-state index in [9.17, 15) is 9.90 Å². The summed E-state index contributed by atoms with van der Waals surface area (Å²) in [5, 5.41) is 16.9. The van der Waals surface area contributed by atoms with E-state index in [1.807, 2.05) is 31.2 Å². The van der Waals surface area contributed by atoms with Crippen molar-refractivity contribution in [3.8, 4) is 0 Å². The van der Waals surface area contributed by atoms with Crippen LogP contribution in [0.5, 0.6) is 0 Å². The number of aliphatic hydroxyl groups is 1. The number of rotatable bonds is 8. The number of halogens is 1. The molecule has 0 saturated carbocycles. The van der Waals surface area contributed by atoms with Gasteiger partial charge in [-0.15, -0.1) is 0 Å². The van der Waals surface area contributed by atoms with E-state index in [1.165, 1.54) is 17.9 Å². The first-order valence-electron chi connectivity index (χ1n) is 8.89. The maximum absolute atomic E-state index is 12.6. The highest BCUT2D eigenvalue weighted by atomic mass is 79.9. The van der Waals surface area contributed by atoms with Gasteiger partial charge >= 0.3 is 0 Å². The number of unbranched alkanes of at least 4 members (excludes halogenated alkanes) is 4. The predicted octanol–water partition coefficient (Wildman–Crippen LogP) is 4.95. The van der Waals surface area contributed by atoms with Crippen molar-refractivity contribution in [1.82, 2.24) is 5.01 Å². The first kappa shape index (κ1) is 19.1. The largest absolute Gasteiger partial charge is 0.365 e. The number of nitrogens with zero attached hydrogens (tertiary/aromatic N) is 2. The molecule has 1 heterocycles. The van der Waals surface area contributed by atoms with E-state index in [0.717, 1.165) is 35.9 Å². The van der Waals surface area contributed by atoms with E-state index in [-0.39, 0.29) is 5.91 Å². The average Bonchev–Trinajstić information content (AvgIpc) is 2.93. The van der Waals surface area contributed by atoms with Gasteiger partial charge in [0.15, 0.2) is 5.72 Å². The standard InChI is InChI=1S/C19H27BrN2O2/c1-3-5-6-7-8-9-18(23)22-19(24,14-17(4-2)21-22)15-10-12-16(20)13-11-15/h10-13,24H,3-9,14H2,1-2H3/t19-/m0/s1. The molecular formula is C19H27BrN2O2. The van der Waals surface area contributed by atoms with Crippen LogP contribution in [0.25, 0.3) is 0 Å². The molecule has 0 unspecified atom stereocenters. The van der Waals surface area contributed by atoms with Crippen molar-refractivity contribution in [3.05, 3.63) is 34.3 Å². The molecule has 5 heteroatoms. The number of carbonyl (C=O) groups is 1. The molecule has 0 fully saturated rings. The van der Waals surface area contributed by atoms with Crippen LogP contribution in [0.2, 0.25) is 0 Å². The Morgan fingerprint density at radius 2 is 1.88 bits per heavy atom. The second-order valence-corrected chi connectivity index (χ2v) is 7.31. The maximum Gasteiger partial charge on any atom is 0.245 e. The average molecular weight is 395 g/mol. The molecule has 1 atom stereocenters. The molecule has 2 rings (SSSR count). The Hall–Kier alpha value is -1.20. The molecular weight excluding hydrogens is 368 g/mol. The summed E-state index contributed by atoms with van der Waals surface area (Å²) in [5.74, 6) is -0.0969. The lowest BCUT2D eigenvalue weighted by Crippen LogP contribution is -2.43. The van der Waals surface area contributed by atoms with Crippen LogP contribution in [0, 0.1) is 0 Å². The second-order valence-electron chi connectivity index (χ2n) is 6.39. The second kappa shape index (κ2) is 8.77. The molecule has 1 aliphatic rings. The van der Waals surface area contributed by atoms with Crippen LogP contribution in [0.1, 0.15) is 70.8 Å². The number of carbonyl (C=O) groups excluding carboxylic acids is 1. The summed E-state index contributed by atoms with van der Waals surface area (Å²) in [6.07, 6.45) is 7.00. The normalized spacial score (nSPS) is 20.3. The summed E-state index contributed by atoms with van der Waals surface area (Å²) < 4.78 is 0.943. The van der Waals surface area contributed by atoms with Crippen LogP contribution in [0.3, 0.4) is 0 Å². The molecule has 0 aliphatic carbocycles. The first-order chi connectivity index (χ1) is 11.5. The summed E-state index contributed by atoms with van der Waals surface area (Å²) >= 11 is 3.41. The van der Waals surface area contributed by atoms with Crippen LogP contribution in [0.4, 0.5) is 0 Å². The van der Waals surface area contributed by atoms with Crippen molar-refractivity contribution in [3.63, 3.8) is 0 Å². The van der Waals surface area contributed by atoms with Gasteiger partial charge in [0.05, 0.1) is 0 Å². The molecule has 132 valence electrons. The minimum Gasteiger partial charge on any atom is -0.365 e. The predicted molar refractivity (Wildman–Crippen MR) is 101 cm³/mol. The fourth-order valence-electron chi connectivity index (χ4n) is 3.00. The van der Waals surface area contributed by atoms with Gasteiger partial charge < -0.3 is 5.11 Å². The highest BCUT2D eigenvalue weighted by Crippen LogP contribution is 2.37. The minimum absolute atomic E-state index is 0.0969.